The van der Waals surface area contributed by atoms with Crippen molar-refractivity contribution in [3.8, 4) is 5.75 Å². The highest BCUT2D eigenvalue weighted by Crippen LogP contribution is 2.17. The molecule has 0 aliphatic carbocycles. The van der Waals surface area contributed by atoms with Gasteiger partial charge in [-0.3, -0.25) is 4.79 Å². The number of likely N-dealkylation sites (tertiary alicyclic amines) is 1. The van der Waals surface area contributed by atoms with E-state index in [1.54, 1.807) is 12.0 Å². The molecule has 0 unspecified atom stereocenters. The predicted octanol–water partition coefficient (Wildman–Crippen LogP) is 0.688. The van der Waals surface area contributed by atoms with E-state index in [0.717, 1.165) is 11.3 Å². The van der Waals surface area contributed by atoms with Crippen LogP contribution in [0.1, 0.15) is 5.56 Å². The number of aliphatic hydroxyl groups excluding tert-OH is 1. The second-order valence-electron chi connectivity index (χ2n) is 4.37. The van der Waals surface area contributed by atoms with Gasteiger partial charge < -0.3 is 14.7 Å². The number of aliphatic hydroxyl groups is 1. The molecule has 1 fully saturated rings. The predicted molar refractivity (Wildman–Crippen MR) is 63.9 cm³/mol. The third kappa shape index (κ3) is 2.77. The van der Waals surface area contributed by atoms with E-state index >= 15 is 0 Å². The highest BCUT2D eigenvalue weighted by Gasteiger charge is 2.29. The van der Waals surface area contributed by atoms with Crippen molar-refractivity contribution >= 4 is 5.91 Å². The van der Waals surface area contributed by atoms with Gasteiger partial charge in [0.2, 0.25) is 5.91 Å². The van der Waals surface area contributed by atoms with Gasteiger partial charge in [-0.05, 0) is 17.7 Å². The van der Waals surface area contributed by atoms with Crippen molar-refractivity contribution in [2.24, 2.45) is 5.92 Å². The zero-order valence-corrected chi connectivity index (χ0v) is 9.93. The fraction of sp³-hybridized carbons (Fsp3) is 0.462. The molecule has 1 saturated heterocycles. The summed E-state index contributed by atoms with van der Waals surface area (Å²) in [6, 6.07) is 7.52. The maximum atomic E-state index is 11.8. The third-order valence-electron chi connectivity index (χ3n) is 3.08. The topological polar surface area (TPSA) is 49.8 Å². The lowest BCUT2D eigenvalue weighted by Crippen LogP contribution is -2.51. The number of methoxy groups -OCH3 is 1. The van der Waals surface area contributed by atoms with Crippen LogP contribution in [0.5, 0.6) is 5.75 Å². The first-order valence-corrected chi connectivity index (χ1v) is 5.74. The molecular weight excluding hydrogens is 218 g/mol. The fourth-order valence-corrected chi connectivity index (χ4v) is 1.92. The average Bonchev–Trinajstić information content (AvgIpc) is 2.28. The van der Waals surface area contributed by atoms with Gasteiger partial charge in [0.1, 0.15) is 5.75 Å². The summed E-state index contributed by atoms with van der Waals surface area (Å²) in [5.41, 5.74) is 0.989. The van der Waals surface area contributed by atoms with E-state index in [4.69, 9.17) is 9.84 Å². The summed E-state index contributed by atoms with van der Waals surface area (Å²) >= 11 is 0. The Bertz CT molecular complexity index is 382. The zero-order valence-electron chi connectivity index (χ0n) is 9.93. The van der Waals surface area contributed by atoms with Gasteiger partial charge in [-0.15, -0.1) is 0 Å². The first-order valence-electron chi connectivity index (χ1n) is 5.74. The van der Waals surface area contributed by atoms with Crippen molar-refractivity contribution in [3.05, 3.63) is 29.8 Å². The summed E-state index contributed by atoms with van der Waals surface area (Å²) in [4.78, 5) is 13.6. The number of rotatable bonds is 4. The lowest BCUT2D eigenvalue weighted by atomic mass is 10.00. The van der Waals surface area contributed by atoms with E-state index in [1.165, 1.54) is 0 Å². The van der Waals surface area contributed by atoms with Gasteiger partial charge in [0.05, 0.1) is 13.5 Å². The molecule has 0 bridgehead atoms. The smallest absolute Gasteiger partial charge is 0.227 e. The molecule has 1 aromatic rings. The Morgan fingerprint density at radius 2 is 2.06 bits per heavy atom. The van der Waals surface area contributed by atoms with Crippen LogP contribution in [-0.4, -0.2) is 42.7 Å². The van der Waals surface area contributed by atoms with Crippen molar-refractivity contribution < 1.29 is 14.6 Å². The molecule has 0 radical (unpaired) electrons. The normalized spacial score (nSPS) is 15.5. The number of carbonyl (C=O) groups is 1. The summed E-state index contributed by atoms with van der Waals surface area (Å²) < 4.78 is 5.06. The van der Waals surface area contributed by atoms with E-state index in [1.807, 2.05) is 24.3 Å². The standard InChI is InChI=1S/C13H17NO3/c1-17-12-4-2-10(3-5-12)6-13(16)14-7-11(8-14)9-15/h2-5,11,15H,6-9H2,1H3. The minimum Gasteiger partial charge on any atom is -0.497 e. The molecule has 0 spiro atoms. The van der Waals surface area contributed by atoms with Crippen molar-refractivity contribution in [2.75, 3.05) is 26.8 Å². The number of carbonyl (C=O) groups excluding carboxylic acids is 1. The molecule has 2 rings (SSSR count). The van der Waals surface area contributed by atoms with E-state index < -0.39 is 0 Å². The van der Waals surface area contributed by atoms with Gasteiger partial charge in [-0.2, -0.15) is 0 Å². The first-order chi connectivity index (χ1) is 8.22. The van der Waals surface area contributed by atoms with Crippen molar-refractivity contribution in [2.45, 2.75) is 6.42 Å². The summed E-state index contributed by atoms with van der Waals surface area (Å²) in [5, 5.41) is 8.88. The highest BCUT2D eigenvalue weighted by molar-refractivity contribution is 5.79. The number of ether oxygens (including phenoxy) is 1. The molecule has 17 heavy (non-hydrogen) atoms. The SMILES string of the molecule is COc1ccc(CC(=O)N2CC(CO)C2)cc1. The Morgan fingerprint density at radius 3 is 2.59 bits per heavy atom. The second-order valence-corrected chi connectivity index (χ2v) is 4.37. The monoisotopic (exact) mass is 235 g/mol. The van der Waals surface area contributed by atoms with Crippen molar-refractivity contribution in [3.63, 3.8) is 0 Å². The molecule has 1 amide bonds. The van der Waals surface area contributed by atoms with Crippen LogP contribution in [0.25, 0.3) is 0 Å². The van der Waals surface area contributed by atoms with Crippen LogP contribution >= 0.6 is 0 Å². The lowest BCUT2D eigenvalue weighted by Gasteiger charge is -2.38. The Labute approximate surface area is 101 Å². The average molecular weight is 235 g/mol. The van der Waals surface area contributed by atoms with E-state index in [9.17, 15) is 4.79 Å². The molecule has 92 valence electrons. The van der Waals surface area contributed by atoms with Gasteiger partial charge in [0.25, 0.3) is 0 Å². The number of nitrogens with zero attached hydrogens (tertiary/aromatic N) is 1. The summed E-state index contributed by atoms with van der Waals surface area (Å²) in [6.45, 7) is 1.54. The van der Waals surface area contributed by atoms with Crippen LogP contribution in [0.4, 0.5) is 0 Å². The van der Waals surface area contributed by atoms with Gasteiger partial charge in [0.15, 0.2) is 0 Å². The number of amides is 1. The number of benzene rings is 1. The molecular formula is C13H17NO3. The Balaban J connectivity index is 1.86. The number of hydrogen-bond donors (Lipinski definition) is 1. The minimum absolute atomic E-state index is 0.125. The molecule has 1 aliphatic rings. The van der Waals surface area contributed by atoms with Gasteiger partial charge in [0, 0.05) is 25.6 Å². The fourth-order valence-electron chi connectivity index (χ4n) is 1.92. The molecule has 1 N–H and O–H groups in total. The second kappa shape index (κ2) is 5.19. The van der Waals surface area contributed by atoms with Gasteiger partial charge in [-0.25, -0.2) is 0 Å². The molecule has 0 atom stereocenters. The molecule has 0 aromatic heterocycles. The van der Waals surface area contributed by atoms with E-state index in [0.29, 0.717) is 19.5 Å². The largest absolute Gasteiger partial charge is 0.497 e. The zero-order chi connectivity index (χ0) is 12.3. The van der Waals surface area contributed by atoms with E-state index in [2.05, 4.69) is 0 Å². The summed E-state index contributed by atoms with van der Waals surface area (Å²) in [6.07, 6.45) is 0.419. The summed E-state index contributed by atoms with van der Waals surface area (Å²) in [5.74, 6) is 1.19. The molecule has 1 aromatic carbocycles. The van der Waals surface area contributed by atoms with Crippen LogP contribution in [-0.2, 0) is 11.2 Å². The number of hydrogen-bond acceptors (Lipinski definition) is 3. The lowest BCUT2D eigenvalue weighted by molar-refractivity contribution is -0.137. The van der Waals surface area contributed by atoms with Crippen LogP contribution in [0.15, 0.2) is 24.3 Å². The van der Waals surface area contributed by atoms with Crippen LogP contribution in [0, 0.1) is 5.92 Å². The molecule has 1 heterocycles. The quantitative estimate of drug-likeness (QED) is 0.835. The van der Waals surface area contributed by atoms with Crippen molar-refractivity contribution in [1.82, 2.24) is 4.90 Å². The maximum absolute atomic E-state index is 11.8. The maximum Gasteiger partial charge on any atom is 0.227 e. The van der Waals surface area contributed by atoms with Crippen LogP contribution in [0.2, 0.25) is 0 Å². The summed E-state index contributed by atoms with van der Waals surface area (Å²) in [7, 11) is 1.62. The van der Waals surface area contributed by atoms with Crippen LogP contribution in [0.3, 0.4) is 0 Å². The Hall–Kier alpha value is -1.55. The highest BCUT2D eigenvalue weighted by atomic mass is 16.5. The van der Waals surface area contributed by atoms with Crippen molar-refractivity contribution in [1.29, 1.82) is 0 Å². The van der Waals surface area contributed by atoms with Crippen LogP contribution < -0.4 is 4.74 Å². The molecule has 4 nitrogen and oxygen atoms in total. The third-order valence-corrected chi connectivity index (χ3v) is 3.08. The first kappa shape index (κ1) is 11.9. The van der Waals surface area contributed by atoms with Gasteiger partial charge >= 0.3 is 0 Å². The van der Waals surface area contributed by atoms with E-state index in [-0.39, 0.29) is 18.4 Å². The molecule has 1 aliphatic heterocycles. The molecule has 4 heteroatoms. The Kier molecular flexibility index (Phi) is 3.64. The Morgan fingerprint density at radius 1 is 1.41 bits per heavy atom. The van der Waals surface area contributed by atoms with Gasteiger partial charge in [-0.1, -0.05) is 12.1 Å². The molecule has 0 saturated carbocycles. The minimum atomic E-state index is 0.125.